The maximum Gasteiger partial charge on any atom is 0.0170 e. The van der Waals surface area contributed by atoms with Gasteiger partial charge in [-0.15, -0.1) is 0 Å². The maximum atomic E-state index is 4.21. The highest BCUT2D eigenvalue weighted by Crippen LogP contribution is 2.51. The smallest absolute Gasteiger partial charge is 0.0170 e. The molecule has 0 heterocycles. The fraction of sp³-hybridized carbons (Fsp3) is 0.727. The fourth-order valence-electron chi connectivity index (χ4n) is 5.13. The van der Waals surface area contributed by atoms with Gasteiger partial charge < -0.3 is 5.32 Å². The Morgan fingerprint density at radius 2 is 2.00 bits per heavy atom. The van der Waals surface area contributed by atoms with E-state index >= 15 is 0 Å². The van der Waals surface area contributed by atoms with Gasteiger partial charge in [0.2, 0.25) is 0 Å². The molecule has 0 spiro atoms. The van der Waals surface area contributed by atoms with E-state index < -0.39 is 0 Å². The summed E-state index contributed by atoms with van der Waals surface area (Å²) < 4.78 is 0. The first kappa shape index (κ1) is 17.0. The van der Waals surface area contributed by atoms with Gasteiger partial charge in [0, 0.05) is 12.6 Å². The van der Waals surface area contributed by atoms with Gasteiger partial charge in [-0.25, -0.2) is 0 Å². The summed E-state index contributed by atoms with van der Waals surface area (Å²) in [5.41, 5.74) is 6.69. The zero-order valence-electron chi connectivity index (χ0n) is 15.5. The first-order valence-corrected chi connectivity index (χ1v) is 9.76. The Morgan fingerprint density at radius 3 is 2.70 bits per heavy atom. The van der Waals surface area contributed by atoms with Crippen molar-refractivity contribution in [2.75, 3.05) is 6.54 Å². The van der Waals surface area contributed by atoms with E-state index in [4.69, 9.17) is 0 Å². The van der Waals surface area contributed by atoms with Gasteiger partial charge in [0.1, 0.15) is 0 Å². The molecule has 128 valence electrons. The van der Waals surface area contributed by atoms with Crippen molar-refractivity contribution < 1.29 is 0 Å². The van der Waals surface area contributed by atoms with Gasteiger partial charge in [0.15, 0.2) is 0 Å². The molecule has 0 radical (unpaired) electrons. The standard InChI is InChI=1S/C22H35N/c1-16(2)19-10-11-22(4)14-18(12-17(3)21(22)13-19)15-23-20-8-6-5-7-9-20/h12,19-20,23H,1,5-11,13-15H2,2-4H3/t19-,22+/m1/s1. The summed E-state index contributed by atoms with van der Waals surface area (Å²) in [4.78, 5) is 0. The molecule has 2 saturated carbocycles. The summed E-state index contributed by atoms with van der Waals surface area (Å²) in [7, 11) is 0. The second kappa shape index (κ2) is 6.97. The van der Waals surface area contributed by atoms with Gasteiger partial charge in [-0.3, -0.25) is 0 Å². The lowest BCUT2D eigenvalue weighted by atomic mass is 9.61. The Morgan fingerprint density at radius 1 is 1.26 bits per heavy atom. The van der Waals surface area contributed by atoms with Gasteiger partial charge in [-0.2, -0.15) is 0 Å². The molecule has 0 aliphatic heterocycles. The van der Waals surface area contributed by atoms with E-state index in [1.54, 1.807) is 16.7 Å². The van der Waals surface area contributed by atoms with E-state index in [9.17, 15) is 0 Å². The average molecular weight is 314 g/mol. The zero-order chi connectivity index (χ0) is 16.4. The van der Waals surface area contributed by atoms with E-state index in [1.807, 2.05) is 0 Å². The zero-order valence-corrected chi connectivity index (χ0v) is 15.5. The van der Waals surface area contributed by atoms with Crippen LogP contribution >= 0.6 is 0 Å². The van der Waals surface area contributed by atoms with Crippen molar-refractivity contribution in [2.24, 2.45) is 11.3 Å². The highest BCUT2D eigenvalue weighted by atomic mass is 14.9. The van der Waals surface area contributed by atoms with Gasteiger partial charge in [-0.1, -0.05) is 61.1 Å². The SMILES string of the molecule is C=C(C)[C@@H]1CC[C@@]2(C)CC(CNC3CCCCC3)=CC(C)=C2C1. The minimum atomic E-state index is 0.411. The van der Waals surface area contributed by atoms with Crippen LogP contribution < -0.4 is 5.32 Å². The van der Waals surface area contributed by atoms with Crippen molar-refractivity contribution in [1.29, 1.82) is 0 Å². The fourth-order valence-corrected chi connectivity index (χ4v) is 5.13. The normalized spacial score (nSPS) is 32.5. The number of nitrogens with one attached hydrogen (secondary N) is 1. The van der Waals surface area contributed by atoms with Crippen molar-refractivity contribution in [3.8, 4) is 0 Å². The molecule has 23 heavy (non-hydrogen) atoms. The molecular formula is C22H35N. The summed E-state index contributed by atoms with van der Waals surface area (Å²) >= 11 is 0. The number of hydrogen-bond donors (Lipinski definition) is 1. The Labute approximate surface area is 143 Å². The number of hydrogen-bond acceptors (Lipinski definition) is 1. The van der Waals surface area contributed by atoms with E-state index in [1.165, 1.54) is 63.4 Å². The van der Waals surface area contributed by atoms with Crippen molar-refractivity contribution in [3.63, 3.8) is 0 Å². The second-order valence-corrected chi connectivity index (χ2v) is 8.70. The van der Waals surface area contributed by atoms with Crippen LogP contribution in [0.25, 0.3) is 0 Å². The number of rotatable bonds is 4. The van der Waals surface area contributed by atoms with Crippen LogP contribution in [0.15, 0.2) is 34.9 Å². The first-order chi connectivity index (χ1) is 11.0. The van der Waals surface area contributed by atoms with Crippen LogP contribution in [-0.4, -0.2) is 12.6 Å². The van der Waals surface area contributed by atoms with Gasteiger partial charge >= 0.3 is 0 Å². The monoisotopic (exact) mass is 313 g/mol. The van der Waals surface area contributed by atoms with Crippen LogP contribution in [0.3, 0.4) is 0 Å². The maximum absolute atomic E-state index is 4.21. The molecule has 0 aromatic heterocycles. The Hall–Kier alpha value is -0.820. The molecule has 0 unspecified atom stereocenters. The molecule has 0 bridgehead atoms. The molecular weight excluding hydrogens is 278 g/mol. The summed E-state index contributed by atoms with van der Waals surface area (Å²) in [6, 6.07) is 0.766. The van der Waals surface area contributed by atoms with Gasteiger partial charge in [-0.05, 0) is 63.7 Å². The number of fused-ring (bicyclic) bond motifs is 1. The Balaban J connectivity index is 1.67. The molecule has 2 atom stereocenters. The van der Waals surface area contributed by atoms with Crippen molar-refractivity contribution >= 4 is 0 Å². The summed E-state index contributed by atoms with van der Waals surface area (Å²) in [5, 5.41) is 3.85. The minimum absolute atomic E-state index is 0.411. The van der Waals surface area contributed by atoms with Crippen LogP contribution in [-0.2, 0) is 0 Å². The lowest BCUT2D eigenvalue weighted by molar-refractivity contribution is 0.256. The lowest BCUT2D eigenvalue weighted by Gasteiger charge is -2.44. The molecule has 3 rings (SSSR count). The van der Waals surface area contributed by atoms with Crippen LogP contribution in [0.2, 0.25) is 0 Å². The van der Waals surface area contributed by atoms with E-state index in [0.29, 0.717) is 11.3 Å². The predicted octanol–water partition coefficient (Wildman–Crippen LogP) is 5.94. The molecule has 0 aromatic carbocycles. The van der Waals surface area contributed by atoms with Crippen molar-refractivity contribution in [1.82, 2.24) is 5.32 Å². The summed E-state index contributed by atoms with van der Waals surface area (Å²) in [6.45, 7) is 12.4. The first-order valence-electron chi connectivity index (χ1n) is 9.76. The van der Waals surface area contributed by atoms with Gasteiger partial charge in [0.25, 0.3) is 0 Å². The highest BCUT2D eigenvalue weighted by Gasteiger charge is 2.38. The summed E-state index contributed by atoms with van der Waals surface area (Å²) in [5.74, 6) is 0.711. The highest BCUT2D eigenvalue weighted by molar-refractivity contribution is 5.39. The molecule has 1 nitrogen and oxygen atoms in total. The second-order valence-electron chi connectivity index (χ2n) is 8.70. The van der Waals surface area contributed by atoms with Crippen molar-refractivity contribution in [3.05, 3.63) is 34.9 Å². The third kappa shape index (κ3) is 3.82. The van der Waals surface area contributed by atoms with Crippen LogP contribution in [0, 0.1) is 11.3 Å². The van der Waals surface area contributed by atoms with Crippen LogP contribution in [0.4, 0.5) is 0 Å². The summed E-state index contributed by atoms with van der Waals surface area (Å²) in [6.07, 6.45) is 14.7. The molecule has 3 aliphatic carbocycles. The molecule has 0 amide bonds. The molecule has 1 N–H and O–H groups in total. The molecule has 0 aromatic rings. The lowest BCUT2D eigenvalue weighted by Crippen LogP contribution is -2.36. The average Bonchev–Trinajstić information content (AvgIpc) is 2.53. The largest absolute Gasteiger partial charge is 0.310 e. The third-order valence-electron chi connectivity index (χ3n) is 6.66. The molecule has 0 saturated heterocycles. The van der Waals surface area contributed by atoms with E-state index in [0.717, 1.165) is 12.6 Å². The Kier molecular flexibility index (Phi) is 5.16. The number of allylic oxidation sites excluding steroid dienone is 4. The Bertz CT molecular complexity index is 518. The van der Waals surface area contributed by atoms with E-state index in [-0.39, 0.29) is 0 Å². The van der Waals surface area contributed by atoms with E-state index in [2.05, 4.69) is 38.7 Å². The molecule has 2 fully saturated rings. The van der Waals surface area contributed by atoms with Crippen LogP contribution in [0.1, 0.15) is 78.6 Å². The van der Waals surface area contributed by atoms with Gasteiger partial charge in [0.05, 0.1) is 0 Å². The molecule has 1 heteroatoms. The quantitative estimate of drug-likeness (QED) is 0.633. The van der Waals surface area contributed by atoms with Crippen LogP contribution in [0.5, 0.6) is 0 Å². The topological polar surface area (TPSA) is 12.0 Å². The minimum Gasteiger partial charge on any atom is -0.310 e. The third-order valence-corrected chi connectivity index (χ3v) is 6.66. The van der Waals surface area contributed by atoms with Crippen molar-refractivity contribution in [2.45, 2.75) is 84.6 Å². The molecule has 3 aliphatic rings. The predicted molar refractivity (Wildman–Crippen MR) is 101 cm³/mol.